The number of benzene rings is 1. The fraction of sp³-hybridized carbons (Fsp3) is 0.474. The van der Waals surface area contributed by atoms with E-state index < -0.39 is 10.0 Å². The van der Waals surface area contributed by atoms with Crippen molar-refractivity contribution in [3.05, 3.63) is 36.5 Å². The molecule has 0 saturated carbocycles. The zero-order valence-electron chi connectivity index (χ0n) is 16.6. The van der Waals surface area contributed by atoms with Gasteiger partial charge in [0.2, 0.25) is 16.0 Å². The van der Waals surface area contributed by atoms with Crippen molar-refractivity contribution in [2.75, 3.05) is 43.8 Å². The lowest BCUT2D eigenvalue weighted by Gasteiger charge is -2.18. The summed E-state index contributed by atoms with van der Waals surface area (Å²) in [5, 5.41) is 3.28. The lowest BCUT2D eigenvalue weighted by Crippen LogP contribution is -2.44. The van der Waals surface area contributed by atoms with Gasteiger partial charge in [-0.2, -0.15) is 0 Å². The lowest BCUT2D eigenvalue weighted by atomic mass is 10.1. The van der Waals surface area contributed by atoms with E-state index in [4.69, 9.17) is 9.47 Å². The molecule has 9 nitrogen and oxygen atoms in total. The smallest absolute Gasteiger partial charge is 0.223 e. The van der Waals surface area contributed by atoms with Crippen LogP contribution < -0.4 is 14.9 Å². The van der Waals surface area contributed by atoms with Crippen LogP contribution in [0, 0.1) is 0 Å². The molecule has 0 bridgehead atoms. The quantitative estimate of drug-likeness (QED) is 0.705. The second kappa shape index (κ2) is 7.86. The summed E-state index contributed by atoms with van der Waals surface area (Å²) < 4.78 is 37.2. The Morgan fingerprint density at radius 1 is 1.03 bits per heavy atom. The Bertz CT molecular complexity index is 967. The molecular weight excluding hydrogens is 394 g/mol. The number of hydrogen-bond donors (Lipinski definition) is 2. The summed E-state index contributed by atoms with van der Waals surface area (Å²) in [5.41, 5.74) is 2.93. The van der Waals surface area contributed by atoms with Crippen molar-refractivity contribution in [3.8, 4) is 11.3 Å². The lowest BCUT2D eigenvalue weighted by molar-refractivity contribution is 0.0690. The summed E-state index contributed by atoms with van der Waals surface area (Å²) in [6, 6.07) is 9.46. The van der Waals surface area contributed by atoms with Gasteiger partial charge in [0.15, 0.2) is 0 Å². The van der Waals surface area contributed by atoms with Crippen molar-refractivity contribution < 1.29 is 17.9 Å². The zero-order valence-corrected chi connectivity index (χ0v) is 17.4. The molecule has 0 unspecified atom stereocenters. The van der Waals surface area contributed by atoms with E-state index in [-0.39, 0.29) is 30.9 Å². The third kappa shape index (κ3) is 4.50. The van der Waals surface area contributed by atoms with E-state index in [0.717, 1.165) is 23.2 Å². The number of rotatable bonds is 6. The number of fused-ring (bicyclic) bond motifs is 1. The molecule has 1 aromatic carbocycles. The maximum atomic E-state index is 11.5. The van der Waals surface area contributed by atoms with Gasteiger partial charge in [0.1, 0.15) is 12.2 Å². The zero-order chi connectivity index (χ0) is 20.6. The summed E-state index contributed by atoms with van der Waals surface area (Å²) in [7, 11) is 0.674. The van der Waals surface area contributed by atoms with Gasteiger partial charge >= 0.3 is 0 Å². The van der Waals surface area contributed by atoms with E-state index in [1.54, 1.807) is 6.20 Å². The van der Waals surface area contributed by atoms with Gasteiger partial charge in [-0.1, -0.05) is 12.1 Å². The molecular formula is C19H25N5O4S. The number of ether oxygens (including phenoxy) is 2. The van der Waals surface area contributed by atoms with E-state index in [2.05, 4.69) is 20.0 Å². The molecule has 4 rings (SSSR count). The van der Waals surface area contributed by atoms with Gasteiger partial charge in [-0.05, 0) is 18.2 Å². The summed E-state index contributed by atoms with van der Waals surface area (Å²) in [6.07, 6.45) is 2.25. The predicted molar refractivity (Wildman–Crippen MR) is 110 cm³/mol. The van der Waals surface area contributed by atoms with Gasteiger partial charge in [-0.25, -0.2) is 23.1 Å². The first-order chi connectivity index (χ1) is 13.8. The van der Waals surface area contributed by atoms with Crippen LogP contribution >= 0.6 is 0 Å². The minimum Gasteiger partial charge on any atom is -0.378 e. The monoisotopic (exact) mass is 419 g/mol. The predicted octanol–water partition coefficient (Wildman–Crippen LogP) is 0.706. The molecule has 2 aliphatic rings. The molecule has 10 heteroatoms. The van der Waals surface area contributed by atoms with Crippen molar-refractivity contribution in [3.63, 3.8) is 0 Å². The SMILES string of the molecule is CN(C)c1ccc(-c2ccnc(N[C@H]3CO[C@H]4[C@@H]3OC[C@@H]4NS(C)(=O)=O)n2)cc1. The van der Waals surface area contributed by atoms with Gasteiger partial charge < -0.3 is 19.7 Å². The molecule has 2 fully saturated rings. The molecule has 2 aliphatic heterocycles. The highest BCUT2D eigenvalue weighted by molar-refractivity contribution is 7.88. The highest BCUT2D eigenvalue weighted by Gasteiger charge is 2.48. The molecule has 156 valence electrons. The fourth-order valence-electron chi connectivity index (χ4n) is 3.68. The van der Waals surface area contributed by atoms with Gasteiger partial charge in [0, 0.05) is 31.5 Å². The molecule has 4 atom stereocenters. The molecule has 0 aliphatic carbocycles. The van der Waals surface area contributed by atoms with Gasteiger partial charge in [-0.3, -0.25) is 0 Å². The minimum atomic E-state index is -3.33. The maximum absolute atomic E-state index is 11.5. The highest BCUT2D eigenvalue weighted by Crippen LogP contribution is 2.29. The topological polar surface area (TPSA) is 106 Å². The average molecular weight is 420 g/mol. The van der Waals surface area contributed by atoms with E-state index >= 15 is 0 Å². The van der Waals surface area contributed by atoms with Crippen LogP contribution in [0.3, 0.4) is 0 Å². The number of aromatic nitrogens is 2. The molecule has 0 spiro atoms. The van der Waals surface area contributed by atoms with E-state index in [9.17, 15) is 8.42 Å². The van der Waals surface area contributed by atoms with Crippen molar-refractivity contribution in [1.29, 1.82) is 0 Å². The van der Waals surface area contributed by atoms with Crippen LogP contribution in [0.1, 0.15) is 0 Å². The summed E-state index contributed by atoms with van der Waals surface area (Å²) in [4.78, 5) is 11.0. The number of hydrogen-bond acceptors (Lipinski definition) is 8. The second-order valence-corrected chi connectivity index (χ2v) is 9.33. The Balaban J connectivity index is 1.45. The third-order valence-electron chi connectivity index (χ3n) is 5.07. The summed E-state index contributed by atoms with van der Waals surface area (Å²) >= 11 is 0. The van der Waals surface area contributed by atoms with Crippen LogP contribution in [0.4, 0.5) is 11.6 Å². The Morgan fingerprint density at radius 3 is 2.34 bits per heavy atom. The largest absolute Gasteiger partial charge is 0.378 e. The number of sulfonamides is 1. The van der Waals surface area contributed by atoms with Gasteiger partial charge in [0.05, 0.1) is 37.2 Å². The molecule has 2 N–H and O–H groups in total. The fourth-order valence-corrected chi connectivity index (χ4v) is 4.44. The van der Waals surface area contributed by atoms with E-state index in [1.807, 2.05) is 49.3 Å². The summed E-state index contributed by atoms with van der Waals surface area (Å²) in [6.45, 7) is 0.669. The molecule has 2 saturated heterocycles. The summed E-state index contributed by atoms with van der Waals surface area (Å²) in [5.74, 6) is 0.483. The third-order valence-corrected chi connectivity index (χ3v) is 5.80. The van der Waals surface area contributed by atoms with E-state index in [0.29, 0.717) is 12.6 Å². The molecule has 1 aromatic heterocycles. The van der Waals surface area contributed by atoms with Crippen molar-refractivity contribution in [2.45, 2.75) is 24.3 Å². The molecule has 2 aromatic rings. The molecule has 3 heterocycles. The Kier molecular flexibility index (Phi) is 5.43. The maximum Gasteiger partial charge on any atom is 0.223 e. The number of anilines is 2. The standard InChI is InChI=1S/C19H25N5O4S/c1-24(2)13-6-4-12(5-7-13)14-8-9-20-19(21-14)22-15-10-27-18-16(11-28-17(15)18)23-29(3,25)26/h4-9,15-18,23H,10-11H2,1-3H3,(H,20,21,22)/t15-,16-,17+,18+/m0/s1. The molecule has 0 amide bonds. The first-order valence-electron chi connectivity index (χ1n) is 9.38. The van der Waals surface area contributed by atoms with Crippen LogP contribution in [0.15, 0.2) is 36.5 Å². The first kappa shape index (κ1) is 20.0. The van der Waals surface area contributed by atoms with Crippen molar-refractivity contribution in [2.24, 2.45) is 0 Å². The second-order valence-electron chi connectivity index (χ2n) is 7.55. The van der Waals surface area contributed by atoms with Crippen molar-refractivity contribution in [1.82, 2.24) is 14.7 Å². The average Bonchev–Trinajstić information content (AvgIpc) is 3.25. The van der Waals surface area contributed by atoms with Crippen LogP contribution in [-0.2, 0) is 19.5 Å². The normalized spacial score (nSPS) is 26.3. The van der Waals surface area contributed by atoms with Gasteiger partial charge in [0.25, 0.3) is 0 Å². The Labute approximate surface area is 170 Å². The highest BCUT2D eigenvalue weighted by atomic mass is 32.2. The van der Waals surface area contributed by atoms with E-state index in [1.165, 1.54) is 0 Å². The van der Waals surface area contributed by atoms with Crippen LogP contribution in [0.5, 0.6) is 0 Å². The number of nitrogens with one attached hydrogen (secondary N) is 2. The number of nitrogens with zero attached hydrogens (tertiary/aromatic N) is 3. The molecule has 29 heavy (non-hydrogen) atoms. The first-order valence-corrected chi connectivity index (χ1v) is 11.3. The minimum absolute atomic E-state index is 0.155. The van der Waals surface area contributed by atoms with Crippen LogP contribution in [-0.4, -0.2) is 76.2 Å². The van der Waals surface area contributed by atoms with Crippen LogP contribution in [0.2, 0.25) is 0 Å². The Hall–Kier alpha value is -2.27. The Morgan fingerprint density at radius 2 is 1.69 bits per heavy atom. The van der Waals surface area contributed by atoms with Crippen LogP contribution in [0.25, 0.3) is 11.3 Å². The molecule has 0 radical (unpaired) electrons. The van der Waals surface area contributed by atoms with Gasteiger partial charge in [-0.15, -0.1) is 0 Å². The van der Waals surface area contributed by atoms with Crippen molar-refractivity contribution >= 4 is 21.7 Å².